The summed E-state index contributed by atoms with van der Waals surface area (Å²) in [5.41, 5.74) is 4.75. The van der Waals surface area contributed by atoms with Crippen molar-refractivity contribution in [2.24, 2.45) is 5.10 Å². The first kappa shape index (κ1) is 11.2. The minimum absolute atomic E-state index is 0.325. The van der Waals surface area contributed by atoms with Crippen molar-refractivity contribution in [3.63, 3.8) is 0 Å². The van der Waals surface area contributed by atoms with Crippen molar-refractivity contribution in [1.82, 2.24) is 20.6 Å². The Hall–Kier alpha value is -2.89. The molecule has 0 atom stereocenters. The number of rotatable bonds is 3. The Kier molecular flexibility index (Phi) is 2.82. The van der Waals surface area contributed by atoms with Crippen LogP contribution in [0.4, 0.5) is 0 Å². The summed E-state index contributed by atoms with van der Waals surface area (Å²) in [5, 5.41) is 11.3. The Morgan fingerprint density at radius 1 is 1.32 bits per heavy atom. The highest BCUT2D eigenvalue weighted by Crippen LogP contribution is 2.15. The van der Waals surface area contributed by atoms with Crippen LogP contribution >= 0.6 is 0 Å². The maximum absolute atomic E-state index is 11.6. The monoisotopic (exact) mass is 253 g/mol. The quantitative estimate of drug-likeness (QED) is 0.489. The average Bonchev–Trinajstić information content (AvgIpc) is 3.08. The standard InChI is InChI=1S/C13H11N5O/c19-13(12-5-6-15-17-12)18-16-8-9-7-14-11-4-2-1-3-10(9)11/h1-8,14H,(H,15,17)(H,18,19)/b16-8-. The number of nitrogens with one attached hydrogen (secondary N) is 3. The van der Waals surface area contributed by atoms with Crippen molar-refractivity contribution in [3.8, 4) is 0 Å². The Morgan fingerprint density at radius 2 is 2.21 bits per heavy atom. The molecule has 2 heterocycles. The van der Waals surface area contributed by atoms with Crippen molar-refractivity contribution in [1.29, 1.82) is 0 Å². The third-order valence-corrected chi connectivity index (χ3v) is 2.74. The molecule has 0 radical (unpaired) electrons. The van der Waals surface area contributed by atoms with Gasteiger partial charge in [-0.25, -0.2) is 5.43 Å². The molecule has 0 aliphatic carbocycles. The highest BCUT2D eigenvalue weighted by Gasteiger charge is 2.04. The van der Waals surface area contributed by atoms with Crippen LogP contribution in [0.5, 0.6) is 0 Å². The van der Waals surface area contributed by atoms with Gasteiger partial charge in [-0.05, 0) is 12.1 Å². The number of benzene rings is 1. The summed E-state index contributed by atoms with van der Waals surface area (Å²) in [4.78, 5) is 14.7. The Morgan fingerprint density at radius 3 is 3.05 bits per heavy atom. The van der Waals surface area contributed by atoms with E-state index in [0.717, 1.165) is 16.5 Å². The van der Waals surface area contributed by atoms with E-state index in [1.807, 2.05) is 30.5 Å². The maximum Gasteiger partial charge on any atom is 0.289 e. The lowest BCUT2D eigenvalue weighted by Crippen LogP contribution is -2.17. The Balaban J connectivity index is 1.75. The molecule has 3 N–H and O–H groups in total. The second kappa shape index (κ2) is 4.77. The molecule has 0 aliphatic heterocycles. The number of fused-ring (bicyclic) bond motifs is 1. The molecule has 3 aromatic rings. The second-order valence-electron chi connectivity index (χ2n) is 3.96. The number of hydrogen-bond acceptors (Lipinski definition) is 3. The van der Waals surface area contributed by atoms with E-state index < -0.39 is 0 Å². The molecule has 0 saturated carbocycles. The summed E-state index contributed by atoms with van der Waals surface area (Å²) in [6.07, 6.45) is 4.96. The first-order chi connectivity index (χ1) is 9.34. The number of hydrogen-bond donors (Lipinski definition) is 3. The number of para-hydroxylation sites is 1. The van der Waals surface area contributed by atoms with Gasteiger partial charge in [-0.15, -0.1) is 0 Å². The number of aromatic nitrogens is 3. The molecule has 94 valence electrons. The van der Waals surface area contributed by atoms with Gasteiger partial charge < -0.3 is 4.98 Å². The van der Waals surface area contributed by atoms with Crippen LogP contribution in [0, 0.1) is 0 Å². The van der Waals surface area contributed by atoms with Crippen LogP contribution in [0.15, 0.2) is 47.8 Å². The number of hydrazone groups is 1. The van der Waals surface area contributed by atoms with Gasteiger partial charge in [-0.1, -0.05) is 18.2 Å². The van der Waals surface area contributed by atoms with Gasteiger partial charge >= 0.3 is 0 Å². The van der Waals surface area contributed by atoms with Crippen LogP contribution in [0.1, 0.15) is 16.1 Å². The number of carbonyl (C=O) groups is 1. The molecular weight excluding hydrogens is 242 g/mol. The summed E-state index contributed by atoms with van der Waals surface area (Å²) in [5.74, 6) is -0.325. The van der Waals surface area contributed by atoms with Gasteiger partial charge in [0.1, 0.15) is 5.69 Å². The normalized spacial score (nSPS) is 11.2. The van der Waals surface area contributed by atoms with Gasteiger partial charge in [0.2, 0.25) is 0 Å². The summed E-state index contributed by atoms with van der Waals surface area (Å²) >= 11 is 0. The van der Waals surface area contributed by atoms with Crippen LogP contribution in [-0.4, -0.2) is 27.3 Å². The maximum atomic E-state index is 11.6. The van der Waals surface area contributed by atoms with Gasteiger partial charge in [-0.3, -0.25) is 9.89 Å². The predicted molar refractivity (Wildman–Crippen MR) is 71.9 cm³/mol. The van der Waals surface area contributed by atoms with E-state index in [1.165, 1.54) is 6.20 Å². The molecule has 1 aromatic carbocycles. The number of nitrogens with zero attached hydrogens (tertiary/aromatic N) is 2. The smallest absolute Gasteiger partial charge is 0.289 e. The molecule has 2 aromatic heterocycles. The number of carbonyl (C=O) groups excluding carboxylic acids is 1. The largest absolute Gasteiger partial charge is 0.361 e. The van der Waals surface area contributed by atoms with Gasteiger partial charge in [0, 0.05) is 28.9 Å². The molecule has 1 amide bonds. The Bertz CT molecular complexity index is 726. The predicted octanol–water partition coefficient (Wildman–Crippen LogP) is 1.65. The summed E-state index contributed by atoms with van der Waals surface area (Å²) in [6.45, 7) is 0. The molecule has 19 heavy (non-hydrogen) atoms. The highest BCUT2D eigenvalue weighted by molar-refractivity contribution is 5.99. The van der Waals surface area contributed by atoms with Gasteiger partial charge in [-0.2, -0.15) is 10.2 Å². The van der Waals surface area contributed by atoms with Crippen molar-refractivity contribution >= 4 is 23.0 Å². The van der Waals surface area contributed by atoms with Crippen molar-refractivity contribution in [2.45, 2.75) is 0 Å². The fourth-order valence-electron chi connectivity index (χ4n) is 1.80. The summed E-state index contributed by atoms with van der Waals surface area (Å²) in [7, 11) is 0. The molecule has 6 nitrogen and oxygen atoms in total. The second-order valence-corrected chi connectivity index (χ2v) is 3.96. The minimum atomic E-state index is -0.325. The lowest BCUT2D eigenvalue weighted by Gasteiger charge is -1.95. The van der Waals surface area contributed by atoms with Crippen LogP contribution in [0.3, 0.4) is 0 Å². The molecule has 0 saturated heterocycles. The zero-order valence-electron chi connectivity index (χ0n) is 9.92. The average molecular weight is 253 g/mol. The minimum Gasteiger partial charge on any atom is -0.361 e. The SMILES string of the molecule is O=C(N/N=C\c1c[nH]c2ccccc12)c1ccn[nH]1. The fraction of sp³-hybridized carbons (Fsp3) is 0. The Labute approximate surface area is 108 Å². The van der Waals surface area contributed by atoms with Gasteiger partial charge in [0.25, 0.3) is 5.91 Å². The number of aromatic amines is 2. The van der Waals surface area contributed by atoms with Crippen LogP contribution in [-0.2, 0) is 0 Å². The van der Waals surface area contributed by atoms with E-state index in [9.17, 15) is 4.79 Å². The zero-order chi connectivity index (χ0) is 13.1. The van der Waals surface area contributed by atoms with E-state index in [0.29, 0.717) is 5.69 Å². The van der Waals surface area contributed by atoms with E-state index in [4.69, 9.17) is 0 Å². The van der Waals surface area contributed by atoms with Crippen LogP contribution in [0.2, 0.25) is 0 Å². The number of H-pyrrole nitrogens is 2. The lowest BCUT2D eigenvalue weighted by atomic mass is 10.2. The first-order valence-corrected chi connectivity index (χ1v) is 5.73. The van der Waals surface area contributed by atoms with Gasteiger partial charge in [0.05, 0.1) is 6.21 Å². The van der Waals surface area contributed by atoms with Crippen LogP contribution < -0.4 is 5.43 Å². The number of amides is 1. The molecule has 3 rings (SSSR count). The fourth-order valence-corrected chi connectivity index (χ4v) is 1.80. The molecule has 0 unspecified atom stereocenters. The summed E-state index contributed by atoms with van der Waals surface area (Å²) in [6, 6.07) is 9.47. The van der Waals surface area contributed by atoms with E-state index in [1.54, 1.807) is 12.3 Å². The molecule has 0 spiro atoms. The molecule has 0 fully saturated rings. The highest BCUT2D eigenvalue weighted by atomic mass is 16.2. The third-order valence-electron chi connectivity index (χ3n) is 2.74. The van der Waals surface area contributed by atoms with Crippen molar-refractivity contribution in [2.75, 3.05) is 0 Å². The zero-order valence-corrected chi connectivity index (χ0v) is 9.92. The topological polar surface area (TPSA) is 85.9 Å². The lowest BCUT2D eigenvalue weighted by molar-refractivity contribution is 0.0950. The first-order valence-electron chi connectivity index (χ1n) is 5.73. The third kappa shape index (κ3) is 2.23. The van der Waals surface area contributed by atoms with Crippen molar-refractivity contribution in [3.05, 3.63) is 54.0 Å². The van der Waals surface area contributed by atoms with Gasteiger partial charge in [0.15, 0.2) is 0 Å². The molecular formula is C13H11N5O. The molecule has 0 aliphatic rings. The molecule has 6 heteroatoms. The van der Waals surface area contributed by atoms with E-state index in [-0.39, 0.29) is 5.91 Å². The van der Waals surface area contributed by atoms with Crippen molar-refractivity contribution < 1.29 is 4.79 Å². The summed E-state index contributed by atoms with van der Waals surface area (Å²) < 4.78 is 0. The van der Waals surface area contributed by atoms with Crippen LogP contribution in [0.25, 0.3) is 10.9 Å². The van der Waals surface area contributed by atoms with E-state index in [2.05, 4.69) is 25.7 Å². The molecule has 0 bridgehead atoms. The van der Waals surface area contributed by atoms with E-state index >= 15 is 0 Å².